The first-order valence-corrected chi connectivity index (χ1v) is 9.16. The van der Waals surface area contributed by atoms with Crippen molar-refractivity contribution in [1.29, 1.82) is 0 Å². The lowest BCUT2D eigenvalue weighted by Gasteiger charge is -2.21. The summed E-state index contributed by atoms with van der Waals surface area (Å²) in [5, 5.41) is 2.71. The largest absolute Gasteiger partial charge is 0.493 e. The average molecular weight is 418 g/mol. The van der Waals surface area contributed by atoms with Gasteiger partial charge in [-0.05, 0) is 29.3 Å². The molecule has 1 N–H and O–H groups in total. The van der Waals surface area contributed by atoms with Gasteiger partial charge in [-0.15, -0.1) is 0 Å². The van der Waals surface area contributed by atoms with Crippen LogP contribution in [0.15, 0.2) is 54.6 Å². The molecule has 1 atom stereocenters. The molecule has 160 valence electrons. The van der Waals surface area contributed by atoms with E-state index in [-0.39, 0.29) is 17.4 Å². The molecule has 0 aliphatic rings. The fourth-order valence-electron chi connectivity index (χ4n) is 2.73. The molecule has 0 saturated carbocycles. The molecule has 2 aromatic carbocycles. The van der Waals surface area contributed by atoms with Crippen LogP contribution in [0.3, 0.4) is 0 Å². The second-order valence-electron chi connectivity index (χ2n) is 6.61. The molecule has 0 radical (unpaired) electrons. The lowest BCUT2D eigenvalue weighted by molar-refractivity contribution is -0.133. The van der Waals surface area contributed by atoms with Crippen LogP contribution in [-0.2, 0) is 16.0 Å². The molecule has 0 fully saturated rings. The highest BCUT2D eigenvalue weighted by Crippen LogP contribution is 2.29. The quantitative estimate of drug-likeness (QED) is 0.636. The van der Waals surface area contributed by atoms with Gasteiger partial charge in [0.1, 0.15) is 6.04 Å². The molecule has 1 unspecified atom stereocenters. The third-order valence-electron chi connectivity index (χ3n) is 4.17. The highest BCUT2D eigenvalue weighted by atomic mass is 19.3. The van der Waals surface area contributed by atoms with E-state index < -0.39 is 18.6 Å². The molecule has 0 bridgehead atoms. The second kappa shape index (κ2) is 10.9. The number of rotatable bonds is 9. The zero-order valence-electron chi connectivity index (χ0n) is 17.0. The summed E-state index contributed by atoms with van der Waals surface area (Å²) >= 11 is 0. The van der Waals surface area contributed by atoms with E-state index in [1.807, 2.05) is 30.3 Å². The summed E-state index contributed by atoms with van der Waals surface area (Å²) in [5.41, 5.74) is 1.46. The Morgan fingerprint density at radius 2 is 1.80 bits per heavy atom. The van der Waals surface area contributed by atoms with Crippen LogP contribution in [-0.4, -0.2) is 50.6 Å². The van der Waals surface area contributed by atoms with Crippen LogP contribution in [0.2, 0.25) is 0 Å². The molecule has 2 rings (SSSR count). The zero-order valence-corrected chi connectivity index (χ0v) is 17.0. The number of hydrogen-bond acceptors (Lipinski definition) is 4. The molecular formula is C22H24F2N2O4. The van der Waals surface area contributed by atoms with Gasteiger partial charge in [0.25, 0.3) is 0 Å². The Morgan fingerprint density at radius 1 is 1.10 bits per heavy atom. The van der Waals surface area contributed by atoms with Crippen LogP contribution in [0, 0.1) is 0 Å². The number of benzene rings is 2. The van der Waals surface area contributed by atoms with Crippen molar-refractivity contribution in [1.82, 2.24) is 10.2 Å². The summed E-state index contributed by atoms with van der Waals surface area (Å²) in [5.74, 6) is -0.676. The lowest BCUT2D eigenvalue weighted by Crippen LogP contribution is -2.47. The number of alkyl halides is 2. The van der Waals surface area contributed by atoms with Gasteiger partial charge in [-0.25, -0.2) is 0 Å². The molecule has 0 aromatic heterocycles. The van der Waals surface area contributed by atoms with E-state index in [9.17, 15) is 18.4 Å². The topological polar surface area (TPSA) is 67.9 Å². The van der Waals surface area contributed by atoms with Gasteiger partial charge in [0, 0.05) is 26.6 Å². The van der Waals surface area contributed by atoms with E-state index in [0.29, 0.717) is 12.0 Å². The van der Waals surface area contributed by atoms with Crippen molar-refractivity contribution in [3.05, 3.63) is 65.7 Å². The molecule has 30 heavy (non-hydrogen) atoms. The molecule has 0 heterocycles. The van der Waals surface area contributed by atoms with Crippen LogP contribution >= 0.6 is 0 Å². The number of ether oxygens (including phenoxy) is 2. The van der Waals surface area contributed by atoms with Crippen molar-refractivity contribution >= 4 is 17.9 Å². The molecular weight excluding hydrogens is 394 g/mol. The van der Waals surface area contributed by atoms with E-state index >= 15 is 0 Å². The van der Waals surface area contributed by atoms with Gasteiger partial charge in [-0.1, -0.05) is 36.4 Å². The molecule has 6 nitrogen and oxygen atoms in total. The first-order chi connectivity index (χ1) is 14.3. The van der Waals surface area contributed by atoms with Crippen molar-refractivity contribution in [2.24, 2.45) is 0 Å². The zero-order chi connectivity index (χ0) is 22.1. The number of carbonyl (C=O) groups excluding carboxylic acids is 2. The molecule has 8 heteroatoms. The number of hydrogen-bond donors (Lipinski definition) is 1. The third kappa shape index (κ3) is 6.88. The average Bonchev–Trinajstić information content (AvgIpc) is 2.72. The lowest BCUT2D eigenvalue weighted by atomic mass is 10.0. The van der Waals surface area contributed by atoms with E-state index in [0.717, 1.165) is 5.56 Å². The van der Waals surface area contributed by atoms with Crippen LogP contribution in [0.25, 0.3) is 6.08 Å². The molecule has 0 saturated heterocycles. The first kappa shape index (κ1) is 22.9. The maximum Gasteiger partial charge on any atom is 0.387 e. The van der Waals surface area contributed by atoms with Gasteiger partial charge < -0.3 is 19.7 Å². The predicted octanol–water partition coefficient (Wildman–Crippen LogP) is 3.13. The van der Waals surface area contributed by atoms with Gasteiger partial charge in [-0.2, -0.15) is 8.78 Å². The highest BCUT2D eigenvalue weighted by molar-refractivity contribution is 5.95. The Bertz CT molecular complexity index is 886. The van der Waals surface area contributed by atoms with Gasteiger partial charge >= 0.3 is 6.61 Å². The van der Waals surface area contributed by atoms with E-state index in [1.165, 1.54) is 42.4 Å². The number of halogens is 2. The smallest absolute Gasteiger partial charge is 0.387 e. The summed E-state index contributed by atoms with van der Waals surface area (Å²) in [6.45, 7) is -2.97. The van der Waals surface area contributed by atoms with Gasteiger partial charge in [0.15, 0.2) is 11.5 Å². The Balaban J connectivity index is 2.10. The predicted molar refractivity (Wildman–Crippen MR) is 109 cm³/mol. The molecule has 0 aliphatic heterocycles. The fraction of sp³-hybridized carbons (Fsp3) is 0.273. The normalized spacial score (nSPS) is 11.9. The van der Waals surface area contributed by atoms with Crippen molar-refractivity contribution in [3.63, 3.8) is 0 Å². The first-order valence-electron chi connectivity index (χ1n) is 9.16. The Morgan fingerprint density at radius 3 is 2.40 bits per heavy atom. The Hall–Kier alpha value is -3.42. The van der Waals surface area contributed by atoms with Gasteiger partial charge in [-0.3, -0.25) is 9.59 Å². The minimum absolute atomic E-state index is 0.103. The summed E-state index contributed by atoms with van der Waals surface area (Å²) in [6, 6.07) is 12.9. The van der Waals surface area contributed by atoms with Crippen molar-refractivity contribution in [2.45, 2.75) is 19.1 Å². The van der Waals surface area contributed by atoms with Crippen LogP contribution in [0.1, 0.15) is 11.1 Å². The van der Waals surface area contributed by atoms with Gasteiger partial charge in [0.05, 0.1) is 7.11 Å². The summed E-state index contributed by atoms with van der Waals surface area (Å²) in [4.78, 5) is 26.3. The molecule has 0 aliphatic carbocycles. The number of nitrogens with one attached hydrogen (secondary N) is 1. The summed E-state index contributed by atoms with van der Waals surface area (Å²) in [7, 11) is 4.57. The Kier molecular flexibility index (Phi) is 8.34. The van der Waals surface area contributed by atoms with Crippen LogP contribution in [0.5, 0.6) is 11.5 Å². The fourth-order valence-corrected chi connectivity index (χ4v) is 2.73. The number of carbonyl (C=O) groups is 2. The molecule has 0 spiro atoms. The molecule has 2 amide bonds. The number of methoxy groups -OCH3 is 1. The molecule has 2 aromatic rings. The third-order valence-corrected chi connectivity index (χ3v) is 4.17. The summed E-state index contributed by atoms with van der Waals surface area (Å²) in [6.07, 6.45) is 3.11. The highest BCUT2D eigenvalue weighted by Gasteiger charge is 2.22. The van der Waals surface area contributed by atoms with Crippen molar-refractivity contribution < 1.29 is 27.8 Å². The number of nitrogens with zero attached hydrogens (tertiary/aromatic N) is 1. The number of likely N-dealkylation sites (N-methyl/N-ethyl adjacent to an activating group) is 1. The van der Waals surface area contributed by atoms with E-state index in [2.05, 4.69) is 10.1 Å². The van der Waals surface area contributed by atoms with Gasteiger partial charge in [0.2, 0.25) is 11.8 Å². The minimum atomic E-state index is -2.97. The van der Waals surface area contributed by atoms with Crippen molar-refractivity contribution in [2.75, 3.05) is 21.2 Å². The minimum Gasteiger partial charge on any atom is -0.493 e. The second-order valence-corrected chi connectivity index (χ2v) is 6.61. The summed E-state index contributed by atoms with van der Waals surface area (Å²) < 4.78 is 34.2. The van der Waals surface area contributed by atoms with E-state index in [4.69, 9.17) is 4.74 Å². The maximum atomic E-state index is 12.5. The SMILES string of the molecule is COc1cc(C=CC(=O)NC(Cc2ccccc2)C(=O)N(C)C)ccc1OC(F)F. The van der Waals surface area contributed by atoms with Crippen LogP contribution < -0.4 is 14.8 Å². The van der Waals surface area contributed by atoms with E-state index in [1.54, 1.807) is 14.1 Å². The van der Waals surface area contributed by atoms with Crippen molar-refractivity contribution in [3.8, 4) is 11.5 Å². The standard InChI is InChI=1S/C22H24F2N2O4/c1-26(2)21(28)17(13-15-7-5-4-6-8-15)25-20(27)12-10-16-9-11-18(30-22(23)24)19(14-16)29-3/h4-12,14,17,22H,13H2,1-3H3,(H,25,27). The maximum absolute atomic E-state index is 12.5. The monoisotopic (exact) mass is 418 g/mol. The van der Waals surface area contributed by atoms with Crippen LogP contribution in [0.4, 0.5) is 8.78 Å². The number of amides is 2. The Labute approximate surface area is 174 Å².